The van der Waals surface area contributed by atoms with Crippen molar-refractivity contribution in [3.8, 4) is 0 Å². The topological polar surface area (TPSA) is 52.5 Å². The van der Waals surface area contributed by atoms with E-state index in [1.807, 2.05) is 37.4 Å². The molecule has 4 rings (SSSR count). The van der Waals surface area contributed by atoms with Crippen molar-refractivity contribution >= 4 is 5.82 Å². The second-order valence-corrected chi connectivity index (χ2v) is 7.21. The third kappa shape index (κ3) is 3.14. The Morgan fingerprint density at radius 3 is 2.56 bits per heavy atom. The number of hydrogen-bond acceptors (Lipinski definition) is 5. The quantitative estimate of drug-likeness (QED) is 0.931. The summed E-state index contributed by atoms with van der Waals surface area (Å²) in [4.78, 5) is 13.6. The van der Waals surface area contributed by atoms with Gasteiger partial charge in [-0.1, -0.05) is 30.3 Å². The first kappa shape index (κ1) is 16.5. The van der Waals surface area contributed by atoms with Gasteiger partial charge in [-0.3, -0.25) is 4.90 Å². The van der Waals surface area contributed by atoms with Crippen LogP contribution in [-0.4, -0.2) is 52.2 Å². The molecule has 0 unspecified atom stereocenters. The molecule has 25 heavy (non-hydrogen) atoms. The smallest absolute Gasteiger partial charge is 0.132 e. The zero-order valence-electron chi connectivity index (χ0n) is 14.8. The molecule has 2 aliphatic heterocycles. The minimum Gasteiger partial charge on any atom is -0.383 e. The minimum absolute atomic E-state index is 0.0846. The molecule has 0 bridgehead atoms. The van der Waals surface area contributed by atoms with Crippen LogP contribution < -0.4 is 4.90 Å². The van der Waals surface area contributed by atoms with E-state index in [2.05, 4.69) is 31.9 Å². The molecule has 2 atom stereocenters. The molecule has 2 fully saturated rings. The lowest BCUT2D eigenvalue weighted by molar-refractivity contribution is -0.0603. The zero-order valence-corrected chi connectivity index (χ0v) is 14.8. The van der Waals surface area contributed by atoms with Gasteiger partial charge in [0.15, 0.2) is 0 Å². The van der Waals surface area contributed by atoms with Gasteiger partial charge < -0.3 is 10.0 Å². The summed E-state index contributed by atoms with van der Waals surface area (Å²) in [6, 6.07) is 12.2. The number of likely N-dealkylation sites (tertiary alicyclic amines) is 1. The number of nitrogens with zero attached hydrogens (tertiary/aromatic N) is 4. The first-order valence-electron chi connectivity index (χ1n) is 9.23. The molecule has 132 valence electrons. The molecular weight excluding hydrogens is 312 g/mol. The third-order valence-electron chi connectivity index (χ3n) is 5.65. The summed E-state index contributed by atoms with van der Waals surface area (Å²) in [7, 11) is 0. The van der Waals surface area contributed by atoms with Gasteiger partial charge in [0.05, 0.1) is 6.04 Å². The van der Waals surface area contributed by atoms with Crippen LogP contribution in [0.15, 0.2) is 42.6 Å². The summed E-state index contributed by atoms with van der Waals surface area (Å²) in [6.45, 7) is 5.65. The van der Waals surface area contributed by atoms with Gasteiger partial charge in [0.25, 0.3) is 0 Å². The molecule has 0 amide bonds. The lowest BCUT2D eigenvalue weighted by atomic mass is 9.79. The predicted octanol–water partition coefficient (Wildman–Crippen LogP) is 2.35. The first-order chi connectivity index (χ1) is 12.2. The first-order valence-corrected chi connectivity index (χ1v) is 9.23. The Morgan fingerprint density at radius 1 is 1.08 bits per heavy atom. The summed E-state index contributed by atoms with van der Waals surface area (Å²) < 4.78 is 0. The van der Waals surface area contributed by atoms with E-state index in [-0.39, 0.29) is 6.04 Å². The van der Waals surface area contributed by atoms with Crippen molar-refractivity contribution in [1.82, 2.24) is 14.9 Å². The van der Waals surface area contributed by atoms with E-state index >= 15 is 0 Å². The van der Waals surface area contributed by atoms with E-state index in [0.717, 1.165) is 43.4 Å². The fourth-order valence-electron chi connectivity index (χ4n) is 4.29. The fourth-order valence-corrected chi connectivity index (χ4v) is 4.29. The molecule has 2 aliphatic rings. The van der Waals surface area contributed by atoms with Crippen molar-refractivity contribution < 1.29 is 5.11 Å². The third-order valence-corrected chi connectivity index (χ3v) is 5.65. The second-order valence-electron chi connectivity index (χ2n) is 7.21. The van der Waals surface area contributed by atoms with Crippen molar-refractivity contribution in [2.75, 3.05) is 31.1 Å². The van der Waals surface area contributed by atoms with Gasteiger partial charge in [-0.05, 0) is 50.9 Å². The molecule has 3 heterocycles. The van der Waals surface area contributed by atoms with Crippen molar-refractivity contribution in [3.05, 3.63) is 54.0 Å². The fraction of sp³-hybridized carbons (Fsp3) is 0.500. The number of aromatic nitrogens is 2. The van der Waals surface area contributed by atoms with Crippen molar-refractivity contribution in [2.45, 2.75) is 37.8 Å². The predicted molar refractivity (Wildman–Crippen MR) is 98.5 cm³/mol. The van der Waals surface area contributed by atoms with E-state index in [4.69, 9.17) is 0 Å². The Balaban J connectivity index is 1.66. The molecule has 1 N–H and O–H groups in total. The number of hydrogen-bond donors (Lipinski definition) is 1. The van der Waals surface area contributed by atoms with E-state index < -0.39 is 5.60 Å². The van der Waals surface area contributed by atoms with E-state index in [9.17, 15) is 5.11 Å². The monoisotopic (exact) mass is 338 g/mol. The molecular formula is C20H26N4O. The van der Waals surface area contributed by atoms with Gasteiger partial charge in [0, 0.05) is 19.3 Å². The number of benzene rings is 1. The molecule has 2 aromatic rings. The van der Waals surface area contributed by atoms with Crippen LogP contribution in [0.4, 0.5) is 5.82 Å². The Morgan fingerprint density at radius 2 is 1.84 bits per heavy atom. The van der Waals surface area contributed by atoms with Crippen molar-refractivity contribution in [3.63, 3.8) is 0 Å². The van der Waals surface area contributed by atoms with Gasteiger partial charge in [-0.2, -0.15) is 0 Å². The summed E-state index contributed by atoms with van der Waals surface area (Å²) in [6.07, 6.45) is 4.96. The maximum absolute atomic E-state index is 11.7. The highest BCUT2D eigenvalue weighted by molar-refractivity contribution is 5.40. The lowest BCUT2D eigenvalue weighted by Crippen LogP contribution is -2.60. The summed E-state index contributed by atoms with van der Waals surface area (Å²) in [5.74, 6) is 1.76. The number of rotatable bonds is 3. The van der Waals surface area contributed by atoms with E-state index in [1.54, 1.807) is 0 Å². The minimum atomic E-state index is -0.801. The molecule has 2 saturated heterocycles. The average molecular weight is 338 g/mol. The van der Waals surface area contributed by atoms with Crippen LogP contribution in [0, 0.1) is 6.92 Å². The van der Waals surface area contributed by atoms with E-state index in [0.29, 0.717) is 6.42 Å². The van der Waals surface area contributed by atoms with Crippen LogP contribution in [0.25, 0.3) is 0 Å². The van der Waals surface area contributed by atoms with Crippen molar-refractivity contribution in [2.24, 2.45) is 0 Å². The Bertz CT molecular complexity index is 717. The number of aryl methyl sites for hydroxylation is 1. The van der Waals surface area contributed by atoms with Crippen LogP contribution in [0.5, 0.6) is 0 Å². The van der Waals surface area contributed by atoms with Gasteiger partial charge in [0.2, 0.25) is 0 Å². The molecule has 0 spiro atoms. The highest BCUT2D eigenvalue weighted by Crippen LogP contribution is 2.38. The van der Waals surface area contributed by atoms with Gasteiger partial charge >= 0.3 is 0 Å². The Kier molecular flexibility index (Phi) is 4.44. The highest BCUT2D eigenvalue weighted by atomic mass is 16.3. The summed E-state index contributed by atoms with van der Waals surface area (Å²) in [5, 5.41) is 11.7. The average Bonchev–Trinajstić information content (AvgIpc) is 3.17. The number of aliphatic hydroxyl groups is 1. The SMILES string of the molecule is Cc1nccc(N2CC[C@](O)(c3ccccc3)[C@H](N3CCCC3)C2)n1. The summed E-state index contributed by atoms with van der Waals surface area (Å²) >= 11 is 0. The standard InChI is InChI=1S/C20H26N4O/c1-16-21-11-9-19(22-16)24-14-10-20(25,17-7-3-2-4-8-17)18(15-24)23-12-5-6-13-23/h2-4,7-9,11,18,25H,5-6,10,12-15H2,1H3/t18-,20+/m1/s1. The highest BCUT2D eigenvalue weighted by Gasteiger charge is 2.46. The maximum Gasteiger partial charge on any atom is 0.132 e. The van der Waals surface area contributed by atoms with Crippen LogP contribution >= 0.6 is 0 Å². The maximum atomic E-state index is 11.7. The largest absolute Gasteiger partial charge is 0.383 e. The van der Waals surface area contributed by atoms with Crippen molar-refractivity contribution in [1.29, 1.82) is 0 Å². The van der Waals surface area contributed by atoms with Gasteiger partial charge in [-0.15, -0.1) is 0 Å². The molecule has 1 aromatic carbocycles. The van der Waals surface area contributed by atoms with Crippen LogP contribution in [0.3, 0.4) is 0 Å². The zero-order chi connectivity index (χ0) is 17.3. The van der Waals surface area contributed by atoms with E-state index in [1.165, 1.54) is 12.8 Å². The van der Waals surface area contributed by atoms with Crippen LogP contribution in [0.2, 0.25) is 0 Å². The van der Waals surface area contributed by atoms with Gasteiger partial charge in [0.1, 0.15) is 17.2 Å². The van der Waals surface area contributed by atoms with Crippen LogP contribution in [0.1, 0.15) is 30.7 Å². The van der Waals surface area contributed by atoms with Gasteiger partial charge in [-0.25, -0.2) is 9.97 Å². The lowest BCUT2D eigenvalue weighted by Gasteiger charge is -2.49. The number of anilines is 1. The molecule has 1 aromatic heterocycles. The Labute approximate surface area is 149 Å². The summed E-state index contributed by atoms with van der Waals surface area (Å²) in [5.41, 5.74) is 0.231. The molecule has 0 aliphatic carbocycles. The molecule has 5 heteroatoms. The molecule has 5 nitrogen and oxygen atoms in total. The second kappa shape index (κ2) is 6.73. The molecule has 0 saturated carbocycles. The normalized spacial score (nSPS) is 27.6. The number of piperidine rings is 1. The Hall–Kier alpha value is -1.98. The molecule has 0 radical (unpaired) electrons. The van der Waals surface area contributed by atoms with Crippen LogP contribution in [-0.2, 0) is 5.60 Å².